The van der Waals surface area contributed by atoms with Gasteiger partial charge in [0.1, 0.15) is 5.75 Å². The van der Waals surface area contributed by atoms with Crippen molar-refractivity contribution in [3.63, 3.8) is 0 Å². The number of halogens is 1. The molecule has 1 heterocycles. The maximum absolute atomic E-state index is 6.04. The molecule has 2 aromatic rings. The Labute approximate surface area is 135 Å². The molecule has 4 rings (SSSR count). The summed E-state index contributed by atoms with van der Waals surface area (Å²) in [6.45, 7) is 0. The highest BCUT2D eigenvalue weighted by Gasteiger charge is 2.38. The molecule has 0 radical (unpaired) electrons. The summed E-state index contributed by atoms with van der Waals surface area (Å²) < 4.78 is 5.56. The average molecular weight is 312 g/mol. The van der Waals surface area contributed by atoms with Crippen molar-refractivity contribution >= 4 is 17.3 Å². The van der Waals surface area contributed by atoms with Crippen LogP contribution in [0.5, 0.6) is 5.75 Å². The molecule has 0 bridgehead atoms. The van der Waals surface area contributed by atoms with Crippen LogP contribution in [-0.2, 0) is 0 Å². The van der Waals surface area contributed by atoms with Gasteiger partial charge in [-0.1, -0.05) is 48.0 Å². The monoisotopic (exact) mass is 311 g/mol. The Bertz CT molecular complexity index is 723. The van der Waals surface area contributed by atoms with Gasteiger partial charge in [0.05, 0.1) is 18.8 Å². The second kappa shape index (κ2) is 5.36. The fourth-order valence-corrected chi connectivity index (χ4v) is 3.89. The molecule has 1 N–H and O–H groups in total. The van der Waals surface area contributed by atoms with E-state index in [1.54, 1.807) is 7.11 Å². The lowest BCUT2D eigenvalue weighted by atomic mass is 9.77. The van der Waals surface area contributed by atoms with E-state index in [-0.39, 0.29) is 6.04 Å². The van der Waals surface area contributed by atoms with E-state index in [1.807, 2.05) is 18.2 Å². The molecule has 2 nitrogen and oxygen atoms in total. The van der Waals surface area contributed by atoms with Gasteiger partial charge in [-0.3, -0.25) is 0 Å². The van der Waals surface area contributed by atoms with Crippen LogP contribution in [0.25, 0.3) is 0 Å². The smallest absolute Gasteiger partial charge is 0.142 e. The lowest BCUT2D eigenvalue weighted by Gasteiger charge is -2.38. The van der Waals surface area contributed by atoms with Gasteiger partial charge >= 0.3 is 0 Å². The highest BCUT2D eigenvalue weighted by molar-refractivity contribution is 6.30. The fraction of sp³-hybridized carbons (Fsp3) is 0.263. The molecule has 0 saturated carbocycles. The summed E-state index contributed by atoms with van der Waals surface area (Å²) in [5.74, 6) is 1.91. The van der Waals surface area contributed by atoms with Crippen molar-refractivity contribution in [2.24, 2.45) is 5.92 Å². The van der Waals surface area contributed by atoms with Crippen molar-refractivity contribution in [2.75, 3.05) is 12.4 Å². The fourth-order valence-electron chi connectivity index (χ4n) is 3.76. The molecule has 1 aliphatic heterocycles. The summed E-state index contributed by atoms with van der Waals surface area (Å²) in [7, 11) is 1.73. The largest absolute Gasteiger partial charge is 0.495 e. The molecule has 1 aliphatic carbocycles. The second-order valence-electron chi connectivity index (χ2n) is 5.95. The normalized spacial score (nSPS) is 25.3. The molecule has 2 aliphatic rings. The van der Waals surface area contributed by atoms with Crippen LogP contribution in [0.15, 0.2) is 54.6 Å². The SMILES string of the molecule is COc1cccc2c1NC(c1ccc(Cl)cc1)C1CC=CC21. The molecule has 112 valence electrons. The van der Waals surface area contributed by atoms with Gasteiger partial charge in [0.2, 0.25) is 0 Å². The molecule has 0 amide bonds. The Morgan fingerprint density at radius 2 is 1.95 bits per heavy atom. The van der Waals surface area contributed by atoms with Crippen molar-refractivity contribution in [3.8, 4) is 5.75 Å². The van der Waals surface area contributed by atoms with E-state index in [4.69, 9.17) is 16.3 Å². The van der Waals surface area contributed by atoms with E-state index < -0.39 is 0 Å². The zero-order chi connectivity index (χ0) is 15.1. The van der Waals surface area contributed by atoms with E-state index in [1.165, 1.54) is 11.1 Å². The van der Waals surface area contributed by atoms with E-state index in [9.17, 15) is 0 Å². The Morgan fingerprint density at radius 1 is 1.14 bits per heavy atom. The van der Waals surface area contributed by atoms with Crippen LogP contribution in [0.2, 0.25) is 5.02 Å². The molecule has 0 aromatic heterocycles. The first-order valence-electron chi connectivity index (χ1n) is 7.63. The number of rotatable bonds is 2. The van der Waals surface area contributed by atoms with Crippen LogP contribution in [0.3, 0.4) is 0 Å². The molecule has 22 heavy (non-hydrogen) atoms. The molecule has 0 fully saturated rings. The summed E-state index contributed by atoms with van der Waals surface area (Å²) in [6.07, 6.45) is 5.74. The van der Waals surface area contributed by atoms with Crippen molar-refractivity contribution in [2.45, 2.75) is 18.4 Å². The zero-order valence-corrected chi connectivity index (χ0v) is 13.2. The number of hydrogen-bond donors (Lipinski definition) is 1. The van der Waals surface area contributed by atoms with Crippen LogP contribution in [0.4, 0.5) is 5.69 Å². The standard InChI is InChI=1S/C19H18ClNO/c1-22-17-7-3-6-16-14-4-2-5-15(14)18(21-19(16)17)12-8-10-13(20)11-9-12/h2-4,6-11,14-15,18,21H,5H2,1H3. The van der Waals surface area contributed by atoms with Gasteiger partial charge in [-0.25, -0.2) is 0 Å². The lowest BCUT2D eigenvalue weighted by molar-refractivity contribution is 0.397. The van der Waals surface area contributed by atoms with Gasteiger partial charge < -0.3 is 10.1 Å². The molecule has 3 atom stereocenters. The van der Waals surface area contributed by atoms with E-state index >= 15 is 0 Å². The summed E-state index contributed by atoms with van der Waals surface area (Å²) in [4.78, 5) is 0. The van der Waals surface area contributed by atoms with Crippen LogP contribution in [0.1, 0.15) is 29.5 Å². The predicted molar refractivity (Wildman–Crippen MR) is 90.8 cm³/mol. The summed E-state index contributed by atoms with van der Waals surface area (Å²) in [5.41, 5.74) is 3.74. The van der Waals surface area contributed by atoms with Crippen LogP contribution < -0.4 is 10.1 Å². The minimum absolute atomic E-state index is 0.279. The number of methoxy groups -OCH3 is 1. The van der Waals surface area contributed by atoms with E-state index in [0.717, 1.165) is 22.9 Å². The highest BCUT2D eigenvalue weighted by Crippen LogP contribution is 2.52. The van der Waals surface area contributed by atoms with Gasteiger partial charge in [-0.15, -0.1) is 0 Å². The van der Waals surface area contributed by atoms with Crippen molar-refractivity contribution < 1.29 is 4.74 Å². The number of benzene rings is 2. The van der Waals surface area contributed by atoms with Gasteiger partial charge in [-0.2, -0.15) is 0 Å². The van der Waals surface area contributed by atoms with Gasteiger partial charge in [0.25, 0.3) is 0 Å². The Balaban J connectivity index is 1.81. The zero-order valence-electron chi connectivity index (χ0n) is 12.4. The van der Waals surface area contributed by atoms with Crippen molar-refractivity contribution in [1.29, 1.82) is 0 Å². The second-order valence-corrected chi connectivity index (χ2v) is 6.39. The summed E-state index contributed by atoms with van der Waals surface area (Å²) in [6, 6.07) is 14.7. The molecule has 0 saturated heterocycles. The minimum atomic E-state index is 0.279. The topological polar surface area (TPSA) is 21.3 Å². The minimum Gasteiger partial charge on any atom is -0.495 e. The van der Waals surface area contributed by atoms with Gasteiger partial charge in [0, 0.05) is 10.9 Å². The third kappa shape index (κ3) is 2.10. The van der Waals surface area contributed by atoms with Crippen molar-refractivity contribution in [1.82, 2.24) is 0 Å². The number of hydrogen-bond acceptors (Lipinski definition) is 2. The molecule has 0 spiro atoms. The lowest BCUT2D eigenvalue weighted by Crippen LogP contribution is -2.29. The molecule has 2 aromatic carbocycles. The summed E-state index contributed by atoms with van der Waals surface area (Å²) >= 11 is 6.04. The Morgan fingerprint density at radius 3 is 2.73 bits per heavy atom. The number of fused-ring (bicyclic) bond motifs is 3. The first-order chi connectivity index (χ1) is 10.8. The third-order valence-corrected chi connectivity index (χ3v) is 5.06. The van der Waals surface area contributed by atoms with Crippen molar-refractivity contribution in [3.05, 3.63) is 70.8 Å². The number of para-hydroxylation sites is 1. The quantitative estimate of drug-likeness (QED) is 0.772. The molecular formula is C19H18ClNO. The van der Waals surface area contributed by atoms with Gasteiger partial charge in [-0.05, 0) is 41.7 Å². The third-order valence-electron chi connectivity index (χ3n) is 4.81. The average Bonchev–Trinajstić information content (AvgIpc) is 3.04. The Kier molecular flexibility index (Phi) is 3.34. The van der Waals surface area contributed by atoms with E-state index in [2.05, 4.69) is 41.7 Å². The molecule has 3 heteroatoms. The maximum Gasteiger partial charge on any atom is 0.142 e. The van der Waals surface area contributed by atoms with Crippen LogP contribution >= 0.6 is 11.6 Å². The number of allylic oxidation sites excluding steroid dienone is 2. The predicted octanol–water partition coefficient (Wildman–Crippen LogP) is 5.18. The number of nitrogens with one attached hydrogen (secondary N) is 1. The van der Waals surface area contributed by atoms with Crippen LogP contribution in [0, 0.1) is 5.92 Å². The number of ether oxygens (including phenoxy) is 1. The molecule has 3 unspecified atom stereocenters. The first kappa shape index (κ1) is 13.7. The molecular weight excluding hydrogens is 294 g/mol. The van der Waals surface area contributed by atoms with E-state index in [0.29, 0.717) is 11.8 Å². The highest BCUT2D eigenvalue weighted by atomic mass is 35.5. The van der Waals surface area contributed by atoms with Gasteiger partial charge in [0.15, 0.2) is 0 Å². The number of anilines is 1. The summed E-state index contributed by atoms with van der Waals surface area (Å²) in [5, 5.41) is 4.49. The van der Waals surface area contributed by atoms with Crippen LogP contribution in [-0.4, -0.2) is 7.11 Å². The Hall–Kier alpha value is -1.93. The first-order valence-corrected chi connectivity index (χ1v) is 8.01. The maximum atomic E-state index is 6.04.